The first-order valence-corrected chi connectivity index (χ1v) is 8.33. The molecule has 1 aromatic carbocycles. The first-order valence-electron chi connectivity index (χ1n) is 7.21. The molecule has 1 aliphatic heterocycles. The van der Waals surface area contributed by atoms with Crippen molar-refractivity contribution in [3.05, 3.63) is 29.8 Å². The van der Waals surface area contributed by atoms with Gasteiger partial charge in [0, 0.05) is 24.1 Å². The Hall–Kier alpha value is -0.500. The molecule has 1 aliphatic carbocycles. The highest BCUT2D eigenvalue weighted by Gasteiger charge is 2.36. The third kappa shape index (κ3) is 2.45. The van der Waals surface area contributed by atoms with Gasteiger partial charge in [-0.15, -0.1) is 0 Å². The highest BCUT2D eigenvalue weighted by Crippen LogP contribution is 2.46. The third-order valence-electron chi connectivity index (χ3n) is 4.94. The lowest BCUT2D eigenvalue weighted by Gasteiger charge is -2.40. The number of halogens is 1. The van der Waals surface area contributed by atoms with Crippen molar-refractivity contribution in [2.45, 2.75) is 43.9 Å². The Kier molecular flexibility index (Phi) is 3.65. The molecule has 0 unspecified atom stereocenters. The Balaban J connectivity index is 1.64. The minimum Gasteiger partial charge on any atom is -0.371 e. The van der Waals surface area contributed by atoms with E-state index in [9.17, 15) is 0 Å². The van der Waals surface area contributed by atoms with Crippen LogP contribution in [0.25, 0.3) is 0 Å². The van der Waals surface area contributed by atoms with Crippen molar-refractivity contribution in [2.24, 2.45) is 5.41 Å². The maximum atomic E-state index is 3.50. The van der Waals surface area contributed by atoms with Gasteiger partial charge in [0.05, 0.1) is 0 Å². The van der Waals surface area contributed by atoms with Crippen LogP contribution in [0, 0.1) is 5.41 Å². The van der Waals surface area contributed by atoms with Crippen molar-refractivity contribution in [3.8, 4) is 0 Å². The molecule has 0 atom stereocenters. The molecule has 0 bridgehead atoms. The molecule has 18 heavy (non-hydrogen) atoms. The molecule has 1 saturated carbocycles. The van der Waals surface area contributed by atoms with Gasteiger partial charge in [0.1, 0.15) is 0 Å². The standard InChI is InChI=1S/C16H22BrN/c17-13-14-3-5-15(6-4-14)18-11-9-16(10-12-18)7-1-2-8-16/h3-6H,1-2,7-13H2. The Labute approximate surface area is 119 Å². The molecule has 1 aromatic rings. The maximum Gasteiger partial charge on any atom is 0.0366 e. The second-order valence-corrected chi connectivity index (χ2v) is 6.55. The van der Waals surface area contributed by atoms with Crippen LogP contribution in [0.1, 0.15) is 44.1 Å². The largest absolute Gasteiger partial charge is 0.371 e. The molecule has 0 amide bonds. The predicted molar refractivity (Wildman–Crippen MR) is 81.4 cm³/mol. The second-order valence-electron chi connectivity index (χ2n) is 5.99. The van der Waals surface area contributed by atoms with Crippen molar-refractivity contribution < 1.29 is 0 Å². The molecule has 2 aliphatic rings. The van der Waals surface area contributed by atoms with E-state index >= 15 is 0 Å². The number of nitrogens with zero attached hydrogens (tertiary/aromatic N) is 1. The first kappa shape index (κ1) is 12.5. The van der Waals surface area contributed by atoms with Gasteiger partial charge in [-0.1, -0.05) is 40.9 Å². The number of hydrogen-bond acceptors (Lipinski definition) is 1. The lowest BCUT2D eigenvalue weighted by Crippen LogP contribution is -2.38. The fraction of sp³-hybridized carbons (Fsp3) is 0.625. The van der Waals surface area contributed by atoms with Crippen LogP contribution in [0.15, 0.2) is 24.3 Å². The van der Waals surface area contributed by atoms with Crippen molar-refractivity contribution in [3.63, 3.8) is 0 Å². The molecule has 1 saturated heterocycles. The van der Waals surface area contributed by atoms with Crippen LogP contribution < -0.4 is 4.90 Å². The number of hydrogen-bond donors (Lipinski definition) is 0. The molecule has 3 rings (SSSR count). The Morgan fingerprint density at radius 2 is 1.56 bits per heavy atom. The van der Waals surface area contributed by atoms with Crippen LogP contribution >= 0.6 is 15.9 Å². The average molecular weight is 308 g/mol. The summed E-state index contributed by atoms with van der Waals surface area (Å²) in [4.78, 5) is 2.57. The van der Waals surface area contributed by atoms with E-state index in [-0.39, 0.29) is 0 Å². The van der Waals surface area contributed by atoms with Gasteiger partial charge in [0.25, 0.3) is 0 Å². The van der Waals surface area contributed by atoms with E-state index in [1.165, 1.54) is 62.9 Å². The van der Waals surface area contributed by atoms with Crippen molar-refractivity contribution in [2.75, 3.05) is 18.0 Å². The van der Waals surface area contributed by atoms with Gasteiger partial charge in [-0.3, -0.25) is 0 Å². The highest BCUT2D eigenvalue weighted by atomic mass is 79.9. The van der Waals surface area contributed by atoms with E-state index in [1.807, 2.05) is 0 Å². The van der Waals surface area contributed by atoms with Gasteiger partial charge < -0.3 is 4.90 Å². The Morgan fingerprint density at radius 1 is 0.944 bits per heavy atom. The zero-order valence-corrected chi connectivity index (χ0v) is 12.6. The molecular formula is C16H22BrN. The summed E-state index contributed by atoms with van der Waals surface area (Å²) in [6.45, 7) is 2.52. The van der Waals surface area contributed by atoms with Gasteiger partial charge in [0.15, 0.2) is 0 Å². The van der Waals surface area contributed by atoms with Crippen LogP contribution in [0.2, 0.25) is 0 Å². The predicted octanol–water partition coefficient (Wildman–Crippen LogP) is 4.74. The summed E-state index contributed by atoms with van der Waals surface area (Å²) >= 11 is 3.50. The van der Waals surface area contributed by atoms with Gasteiger partial charge in [0.2, 0.25) is 0 Å². The van der Waals surface area contributed by atoms with E-state index in [1.54, 1.807) is 0 Å². The van der Waals surface area contributed by atoms with Gasteiger partial charge >= 0.3 is 0 Å². The van der Waals surface area contributed by atoms with E-state index < -0.39 is 0 Å². The summed E-state index contributed by atoms with van der Waals surface area (Å²) in [6.07, 6.45) is 8.74. The average Bonchev–Trinajstić information content (AvgIpc) is 2.88. The number of piperidine rings is 1. The van der Waals surface area contributed by atoms with Crippen LogP contribution in [0.3, 0.4) is 0 Å². The summed E-state index contributed by atoms with van der Waals surface area (Å²) < 4.78 is 0. The van der Waals surface area contributed by atoms with E-state index in [0.29, 0.717) is 0 Å². The highest BCUT2D eigenvalue weighted by molar-refractivity contribution is 9.08. The summed E-state index contributed by atoms with van der Waals surface area (Å²) in [7, 11) is 0. The van der Waals surface area contributed by atoms with E-state index in [4.69, 9.17) is 0 Å². The lowest BCUT2D eigenvalue weighted by atomic mass is 9.77. The molecular weight excluding hydrogens is 286 g/mol. The van der Waals surface area contributed by atoms with Crippen LogP contribution in [-0.4, -0.2) is 13.1 Å². The Morgan fingerprint density at radius 3 is 2.11 bits per heavy atom. The van der Waals surface area contributed by atoms with Crippen molar-refractivity contribution in [1.29, 1.82) is 0 Å². The smallest absolute Gasteiger partial charge is 0.0366 e. The van der Waals surface area contributed by atoms with Crippen molar-refractivity contribution in [1.82, 2.24) is 0 Å². The molecule has 0 radical (unpaired) electrons. The third-order valence-corrected chi connectivity index (χ3v) is 5.59. The second kappa shape index (κ2) is 5.24. The normalized spacial score (nSPS) is 22.6. The number of benzene rings is 1. The molecule has 0 aromatic heterocycles. The van der Waals surface area contributed by atoms with Crippen LogP contribution in [0.5, 0.6) is 0 Å². The van der Waals surface area contributed by atoms with Gasteiger partial charge in [-0.05, 0) is 48.8 Å². The molecule has 1 spiro atoms. The minimum atomic E-state index is 0.728. The number of alkyl halides is 1. The van der Waals surface area contributed by atoms with Gasteiger partial charge in [-0.2, -0.15) is 0 Å². The number of anilines is 1. The molecule has 1 nitrogen and oxygen atoms in total. The molecule has 1 heterocycles. The van der Waals surface area contributed by atoms with Crippen molar-refractivity contribution >= 4 is 21.6 Å². The number of rotatable bonds is 2. The SMILES string of the molecule is BrCc1ccc(N2CCC3(CCCC3)CC2)cc1. The van der Waals surface area contributed by atoms with Crippen LogP contribution in [-0.2, 0) is 5.33 Å². The summed E-state index contributed by atoms with van der Waals surface area (Å²) in [5.41, 5.74) is 3.50. The summed E-state index contributed by atoms with van der Waals surface area (Å²) in [5.74, 6) is 0. The Bertz CT molecular complexity index is 382. The topological polar surface area (TPSA) is 3.24 Å². The van der Waals surface area contributed by atoms with E-state index in [2.05, 4.69) is 45.1 Å². The van der Waals surface area contributed by atoms with Crippen LogP contribution in [0.4, 0.5) is 5.69 Å². The lowest BCUT2D eigenvalue weighted by molar-refractivity contribution is 0.226. The molecule has 98 valence electrons. The minimum absolute atomic E-state index is 0.728. The molecule has 2 heteroatoms. The molecule has 0 N–H and O–H groups in total. The zero-order chi connectivity index (χ0) is 12.4. The fourth-order valence-corrected chi connectivity index (χ4v) is 4.03. The zero-order valence-electron chi connectivity index (χ0n) is 11.0. The first-order chi connectivity index (χ1) is 8.81. The maximum absolute atomic E-state index is 3.50. The van der Waals surface area contributed by atoms with E-state index in [0.717, 1.165) is 10.7 Å². The monoisotopic (exact) mass is 307 g/mol. The fourth-order valence-electron chi connectivity index (χ4n) is 3.66. The van der Waals surface area contributed by atoms with Gasteiger partial charge in [-0.25, -0.2) is 0 Å². The molecule has 2 fully saturated rings. The summed E-state index contributed by atoms with van der Waals surface area (Å²) in [6, 6.07) is 9.04. The quantitative estimate of drug-likeness (QED) is 0.713. The summed E-state index contributed by atoms with van der Waals surface area (Å²) in [5, 5.41) is 0.955.